The van der Waals surface area contributed by atoms with Gasteiger partial charge < -0.3 is 15.5 Å². The first-order valence-electron chi connectivity index (χ1n) is 8.40. The number of aromatic nitrogens is 2. The van der Waals surface area contributed by atoms with Gasteiger partial charge in [-0.05, 0) is 31.9 Å². The van der Waals surface area contributed by atoms with Crippen LogP contribution in [0, 0.1) is 23.2 Å². The van der Waals surface area contributed by atoms with Crippen LogP contribution in [0.2, 0.25) is 0 Å². The van der Waals surface area contributed by atoms with Crippen molar-refractivity contribution in [1.29, 1.82) is 5.26 Å². The van der Waals surface area contributed by atoms with Crippen LogP contribution in [0.25, 0.3) is 0 Å². The molecule has 3 atom stereocenters. The minimum Gasteiger partial charge on any atom is -0.353 e. The van der Waals surface area contributed by atoms with Gasteiger partial charge in [-0.15, -0.1) is 10.2 Å². The van der Waals surface area contributed by atoms with Crippen LogP contribution < -0.4 is 15.5 Å². The van der Waals surface area contributed by atoms with Crippen molar-refractivity contribution in [2.45, 2.75) is 38.8 Å². The molecule has 3 rings (SSSR count). The monoisotopic (exact) mass is 342 g/mol. The average Bonchev–Trinajstić information content (AvgIpc) is 3.06. The fraction of sp³-hybridized carbons (Fsp3) is 0.588. The number of carbonyl (C=O) groups excluding carboxylic acids is 2. The predicted octanol–water partition coefficient (Wildman–Crippen LogP) is 0.204. The van der Waals surface area contributed by atoms with Crippen LogP contribution in [-0.4, -0.2) is 46.7 Å². The van der Waals surface area contributed by atoms with E-state index in [0.29, 0.717) is 12.4 Å². The van der Waals surface area contributed by atoms with Gasteiger partial charge in [-0.1, -0.05) is 6.92 Å². The molecule has 2 aliphatic heterocycles. The molecule has 8 heteroatoms. The second-order valence-electron chi connectivity index (χ2n) is 7.41. The first kappa shape index (κ1) is 17.1. The van der Waals surface area contributed by atoms with Crippen LogP contribution in [0.1, 0.15) is 32.9 Å². The largest absolute Gasteiger partial charge is 0.353 e. The number of nitrogens with zero attached hydrogens (tertiary/aromatic N) is 4. The van der Waals surface area contributed by atoms with Crippen molar-refractivity contribution in [2.24, 2.45) is 11.8 Å². The lowest BCUT2D eigenvalue weighted by Crippen LogP contribution is -2.49. The van der Waals surface area contributed by atoms with Crippen LogP contribution in [-0.2, 0) is 9.59 Å². The second kappa shape index (κ2) is 6.31. The fourth-order valence-electron chi connectivity index (χ4n) is 3.54. The highest BCUT2D eigenvalue weighted by Crippen LogP contribution is 2.28. The average molecular weight is 342 g/mol. The van der Waals surface area contributed by atoms with Gasteiger partial charge in [0.1, 0.15) is 6.07 Å². The molecule has 8 nitrogen and oxygen atoms in total. The fourth-order valence-corrected chi connectivity index (χ4v) is 3.54. The molecule has 2 aliphatic rings. The molecule has 2 saturated heterocycles. The number of rotatable bonds is 3. The van der Waals surface area contributed by atoms with E-state index in [0.717, 1.165) is 6.54 Å². The smallest absolute Gasteiger partial charge is 0.226 e. The Balaban J connectivity index is 1.65. The number of amides is 2. The molecule has 0 bridgehead atoms. The number of anilines is 1. The van der Waals surface area contributed by atoms with E-state index in [1.165, 1.54) is 0 Å². The molecular formula is C17H22N6O2. The van der Waals surface area contributed by atoms with Crippen molar-refractivity contribution in [3.8, 4) is 6.07 Å². The van der Waals surface area contributed by atoms with Gasteiger partial charge >= 0.3 is 0 Å². The summed E-state index contributed by atoms with van der Waals surface area (Å²) >= 11 is 0. The molecule has 1 aromatic heterocycles. The molecule has 2 fully saturated rings. The quantitative estimate of drug-likeness (QED) is 0.812. The predicted molar refractivity (Wildman–Crippen MR) is 90.4 cm³/mol. The van der Waals surface area contributed by atoms with Gasteiger partial charge in [0.2, 0.25) is 11.8 Å². The van der Waals surface area contributed by atoms with Gasteiger partial charge in [0.25, 0.3) is 0 Å². The van der Waals surface area contributed by atoms with Gasteiger partial charge in [-0.3, -0.25) is 9.59 Å². The lowest BCUT2D eigenvalue weighted by molar-refractivity contribution is -0.128. The molecule has 2 N–H and O–H groups in total. The Morgan fingerprint density at radius 2 is 2.16 bits per heavy atom. The third kappa shape index (κ3) is 3.40. The van der Waals surface area contributed by atoms with Crippen molar-refractivity contribution in [3.63, 3.8) is 0 Å². The summed E-state index contributed by atoms with van der Waals surface area (Å²) in [5.74, 6) is 0.401. The maximum Gasteiger partial charge on any atom is 0.226 e. The molecule has 132 valence electrons. The van der Waals surface area contributed by atoms with Crippen molar-refractivity contribution >= 4 is 17.6 Å². The van der Waals surface area contributed by atoms with Gasteiger partial charge in [-0.2, -0.15) is 5.26 Å². The second-order valence-corrected chi connectivity index (χ2v) is 7.41. The summed E-state index contributed by atoms with van der Waals surface area (Å²) in [6.45, 7) is 7.20. The summed E-state index contributed by atoms with van der Waals surface area (Å²) < 4.78 is 0. The minimum atomic E-state index is -0.526. The Morgan fingerprint density at radius 3 is 2.72 bits per heavy atom. The molecule has 0 saturated carbocycles. The summed E-state index contributed by atoms with van der Waals surface area (Å²) in [5.41, 5.74) is -0.247. The van der Waals surface area contributed by atoms with E-state index in [-0.39, 0.29) is 41.8 Å². The minimum absolute atomic E-state index is 0.0172. The Morgan fingerprint density at radius 1 is 1.40 bits per heavy atom. The molecule has 2 amide bonds. The number of nitriles is 1. The van der Waals surface area contributed by atoms with E-state index < -0.39 is 5.54 Å². The standard InChI is InChI=1S/C17H22N6O2/c1-10-8-23(14-5-4-11(7-18)21-22-14)9-13(10)19-16(25)12-6-15(24)20-17(12,2)3/h4-5,10,12-13H,6,8-9H2,1-3H3,(H,19,25)(H,20,24)/t10-,12?,13+/m0/s1. The van der Waals surface area contributed by atoms with Crippen LogP contribution in [0.4, 0.5) is 5.82 Å². The summed E-state index contributed by atoms with van der Waals surface area (Å²) in [6, 6.07) is 5.34. The highest BCUT2D eigenvalue weighted by molar-refractivity contribution is 5.91. The molecule has 0 aromatic carbocycles. The van der Waals surface area contributed by atoms with E-state index in [4.69, 9.17) is 5.26 Å². The zero-order valence-corrected chi connectivity index (χ0v) is 14.6. The molecular weight excluding hydrogens is 320 g/mol. The summed E-state index contributed by atoms with van der Waals surface area (Å²) in [5, 5.41) is 22.7. The number of carbonyl (C=O) groups is 2. The van der Waals surface area contributed by atoms with Crippen molar-refractivity contribution in [3.05, 3.63) is 17.8 Å². The van der Waals surface area contributed by atoms with Gasteiger partial charge in [-0.25, -0.2) is 0 Å². The molecule has 0 spiro atoms. The SMILES string of the molecule is C[C@H]1CN(c2ccc(C#N)nn2)C[C@H]1NC(=O)C1CC(=O)NC1(C)C. The Bertz CT molecular complexity index is 724. The van der Waals surface area contributed by atoms with Crippen molar-refractivity contribution in [2.75, 3.05) is 18.0 Å². The molecule has 0 aliphatic carbocycles. The zero-order chi connectivity index (χ0) is 18.2. The lowest BCUT2D eigenvalue weighted by atomic mass is 9.88. The van der Waals surface area contributed by atoms with Crippen LogP contribution >= 0.6 is 0 Å². The highest BCUT2D eigenvalue weighted by atomic mass is 16.2. The van der Waals surface area contributed by atoms with Crippen LogP contribution in [0.15, 0.2) is 12.1 Å². The summed E-state index contributed by atoms with van der Waals surface area (Å²) in [4.78, 5) is 26.3. The van der Waals surface area contributed by atoms with Crippen LogP contribution in [0.3, 0.4) is 0 Å². The van der Waals surface area contributed by atoms with E-state index in [1.54, 1.807) is 12.1 Å². The molecule has 25 heavy (non-hydrogen) atoms. The first-order chi connectivity index (χ1) is 11.8. The number of nitrogens with one attached hydrogen (secondary N) is 2. The van der Waals surface area contributed by atoms with Gasteiger partial charge in [0.05, 0.1) is 12.0 Å². The maximum absolute atomic E-state index is 12.6. The van der Waals surface area contributed by atoms with E-state index in [1.807, 2.05) is 24.8 Å². The topological polar surface area (TPSA) is 111 Å². The number of hydrogen-bond donors (Lipinski definition) is 2. The zero-order valence-electron chi connectivity index (χ0n) is 14.6. The van der Waals surface area contributed by atoms with Crippen molar-refractivity contribution < 1.29 is 9.59 Å². The third-order valence-electron chi connectivity index (χ3n) is 5.07. The maximum atomic E-state index is 12.6. The van der Waals surface area contributed by atoms with Crippen molar-refractivity contribution in [1.82, 2.24) is 20.8 Å². The molecule has 0 radical (unpaired) electrons. The molecule has 3 heterocycles. The van der Waals surface area contributed by atoms with E-state index >= 15 is 0 Å². The first-order valence-corrected chi connectivity index (χ1v) is 8.40. The molecule has 1 unspecified atom stereocenters. The Hall–Kier alpha value is -2.69. The molecule has 1 aromatic rings. The third-order valence-corrected chi connectivity index (χ3v) is 5.07. The van der Waals surface area contributed by atoms with Crippen LogP contribution in [0.5, 0.6) is 0 Å². The van der Waals surface area contributed by atoms with Gasteiger partial charge in [0.15, 0.2) is 11.5 Å². The Kier molecular flexibility index (Phi) is 4.33. The highest BCUT2D eigenvalue weighted by Gasteiger charge is 2.44. The summed E-state index contributed by atoms with van der Waals surface area (Å²) in [6.07, 6.45) is 0.227. The van der Waals surface area contributed by atoms with E-state index in [2.05, 4.69) is 27.8 Å². The Labute approximate surface area is 146 Å². The summed E-state index contributed by atoms with van der Waals surface area (Å²) in [7, 11) is 0. The van der Waals surface area contributed by atoms with E-state index in [9.17, 15) is 9.59 Å². The van der Waals surface area contributed by atoms with Gasteiger partial charge in [0, 0.05) is 25.0 Å². The normalized spacial score (nSPS) is 27.7. The lowest BCUT2D eigenvalue weighted by Gasteiger charge is -2.27. The number of hydrogen-bond acceptors (Lipinski definition) is 6.